The van der Waals surface area contributed by atoms with Crippen LogP contribution in [0.5, 0.6) is 0 Å². The third kappa shape index (κ3) is 3.13. The normalized spacial score (nSPS) is 11.6. The third-order valence-corrected chi connectivity index (χ3v) is 3.29. The summed E-state index contributed by atoms with van der Waals surface area (Å²) in [6, 6.07) is 5.23. The number of nitrogens with one attached hydrogen (secondary N) is 1. The van der Waals surface area contributed by atoms with Crippen LogP contribution in [0, 0.1) is 0 Å². The minimum Gasteiger partial charge on any atom is -0.396 e. The second-order valence-corrected chi connectivity index (χ2v) is 5.19. The highest BCUT2D eigenvalue weighted by Gasteiger charge is 2.20. The first-order chi connectivity index (χ1) is 8.25. The summed E-state index contributed by atoms with van der Waals surface area (Å²) in [5.41, 5.74) is 12.6. The molecule has 0 radical (unpaired) electrons. The van der Waals surface area contributed by atoms with Crippen molar-refractivity contribution in [3.8, 4) is 0 Å². The van der Waals surface area contributed by atoms with Crippen molar-refractivity contribution in [3.63, 3.8) is 0 Å². The molecule has 0 aromatic heterocycles. The number of anilines is 2. The van der Waals surface area contributed by atoms with Crippen molar-refractivity contribution in [1.82, 2.24) is 4.90 Å². The zero-order valence-corrected chi connectivity index (χ0v) is 11.4. The maximum absolute atomic E-state index is 11.2. The summed E-state index contributed by atoms with van der Waals surface area (Å²) >= 11 is 0. The number of nitrogen functional groups attached to an aromatic ring is 1. The topological polar surface area (TPSA) is 84.4 Å². The van der Waals surface area contributed by atoms with Gasteiger partial charge in [-0.2, -0.15) is 0 Å². The molecular formula is C13H22N4O. The van der Waals surface area contributed by atoms with Gasteiger partial charge in [-0.15, -0.1) is 0 Å². The Labute approximate surface area is 108 Å². The summed E-state index contributed by atoms with van der Waals surface area (Å²) in [5, 5.41) is 3.26. The first-order valence-electron chi connectivity index (χ1n) is 5.85. The van der Waals surface area contributed by atoms with Crippen LogP contribution in [0.3, 0.4) is 0 Å². The minimum atomic E-state index is -0.511. The van der Waals surface area contributed by atoms with Gasteiger partial charge >= 0.3 is 0 Å². The lowest BCUT2D eigenvalue weighted by molar-refractivity contribution is 0.100. The molecule has 1 amide bonds. The van der Waals surface area contributed by atoms with E-state index >= 15 is 0 Å². The van der Waals surface area contributed by atoms with Gasteiger partial charge in [0.15, 0.2) is 0 Å². The molecule has 1 aromatic carbocycles. The SMILES string of the molecule is CN(C)C(C)(C)CNc1cccc(C(N)=O)c1N. The van der Waals surface area contributed by atoms with E-state index < -0.39 is 5.91 Å². The van der Waals surface area contributed by atoms with Crippen molar-refractivity contribution < 1.29 is 4.79 Å². The smallest absolute Gasteiger partial charge is 0.250 e. The van der Waals surface area contributed by atoms with Gasteiger partial charge in [0.25, 0.3) is 5.91 Å². The van der Waals surface area contributed by atoms with Gasteiger partial charge in [0, 0.05) is 12.1 Å². The van der Waals surface area contributed by atoms with E-state index in [0.717, 1.165) is 5.69 Å². The van der Waals surface area contributed by atoms with Crippen molar-refractivity contribution in [2.24, 2.45) is 5.73 Å². The van der Waals surface area contributed by atoms with E-state index in [0.29, 0.717) is 17.8 Å². The van der Waals surface area contributed by atoms with Gasteiger partial charge in [0.1, 0.15) is 0 Å². The predicted molar refractivity (Wildman–Crippen MR) is 75.6 cm³/mol. The number of amides is 1. The molecule has 0 aliphatic carbocycles. The molecule has 5 heteroatoms. The minimum absolute atomic E-state index is 0.0187. The third-order valence-electron chi connectivity index (χ3n) is 3.29. The number of nitrogens with zero attached hydrogens (tertiary/aromatic N) is 1. The monoisotopic (exact) mass is 250 g/mol. The number of rotatable bonds is 5. The number of benzene rings is 1. The van der Waals surface area contributed by atoms with Crippen LogP contribution < -0.4 is 16.8 Å². The molecule has 5 nitrogen and oxygen atoms in total. The van der Waals surface area contributed by atoms with Crippen LogP contribution in [-0.4, -0.2) is 37.0 Å². The molecular weight excluding hydrogens is 228 g/mol. The molecule has 5 N–H and O–H groups in total. The van der Waals surface area contributed by atoms with E-state index in [1.807, 2.05) is 20.2 Å². The van der Waals surface area contributed by atoms with Crippen molar-refractivity contribution in [2.75, 3.05) is 31.7 Å². The Morgan fingerprint density at radius 3 is 2.50 bits per heavy atom. The Hall–Kier alpha value is -1.75. The van der Waals surface area contributed by atoms with E-state index in [9.17, 15) is 4.79 Å². The van der Waals surface area contributed by atoms with Gasteiger partial charge in [-0.05, 0) is 40.1 Å². The van der Waals surface area contributed by atoms with E-state index in [2.05, 4.69) is 24.1 Å². The highest BCUT2D eigenvalue weighted by atomic mass is 16.1. The van der Waals surface area contributed by atoms with Crippen LogP contribution in [0.2, 0.25) is 0 Å². The molecule has 100 valence electrons. The lowest BCUT2D eigenvalue weighted by Crippen LogP contribution is -2.44. The van der Waals surface area contributed by atoms with Crippen LogP contribution >= 0.6 is 0 Å². The van der Waals surface area contributed by atoms with Gasteiger partial charge in [-0.3, -0.25) is 4.79 Å². The summed E-state index contributed by atoms with van der Waals surface area (Å²) in [4.78, 5) is 13.3. The second kappa shape index (κ2) is 5.27. The Kier molecular flexibility index (Phi) is 4.19. The number of para-hydroxylation sites is 1. The number of carbonyl (C=O) groups excluding carboxylic acids is 1. The zero-order valence-electron chi connectivity index (χ0n) is 11.4. The number of nitrogens with two attached hydrogens (primary N) is 2. The van der Waals surface area contributed by atoms with Crippen LogP contribution in [0.15, 0.2) is 18.2 Å². The first-order valence-corrected chi connectivity index (χ1v) is 5.85. The van der Waals surface area contributed by atoms with Crippen LogP contribution in [0.4, 0.5) is 11.4 Å². The summed E-state index contributed by atoms with van der Waals surface area (Å²) in [7, 11) is 4.04. The molecule has 18 heavy (non-hydrogen) atoms. The highest BCUT2D eigenvalue weighted by Crippen LogP contribution is 2.23. The molecule has 0 saturated carbocycles. The fourth-order valence-corrected chi connectivity index (χ4v) is 1.40. The van der Waals surface area contributed by atoms with Crippen LogP contribution in [0.25, 0.3) is 0 Å². The second-order valence-electron chi connectivity index (χ2n) is 5.19. The van der Waals surface area contributed by atoms with Gasteiger partial charge < -0.3 is 21.7 Å². The Bertz CT molecular complexity index is 441. The van der Waals surface area contributed by atoms with Crippen molar-refractivity contribution in [2.45, 2.75) is 19.4 Å². The Balaban J connectivity index is 2.87. The molecule has 0 aliphatic heterocycles. The van der Waals surface area contributed by atoms with Gasteiger partial charge in [0.2, 0.25) is 0 Å². The van der Waals surface area contributed by atoms with E-state index in [1.54, 1.807) is 12.1 Å². The number of likely N-dealkylation sites (N-methyl/N-ethyl adjacent to an activating group) is 1. The molecule has 0 unspecified atom stereocenters. The van der Waals surface area contributed by atoms with E-state index in [1.165, 1.54) is 0 Å². The fraction of sp³-hybridized carbons (Fsp3) is 0.462. The van der Waals surface area contributed by atoms with E-state index in [-0.39, 0.29) is 5.54 Å². The lowest BCUT2D eigenvalue weighted by atomic mass is 10.0. The molecule has 1 rings (SSSR count). The van der Waals surface area contributed by atoms with Crippen molar-refractivity contribution in [3.05, 3.63) is 23.8 Å². The first kappa shape index (κ1) is 14.3. The molecule has 0 atom stereocenters. The Morgan fingerprint density at radius 1 is 1.39 bits per heavy atom. The standard InChI is InChI=1S/C13H22N4O/c1-13(2,17(3)4)8-16-10-7-5-6-9(11(10)14)12(15)18/h5-7,16H,8,14H2,1-4H3,(H2,15,18). The average molecular weight is 250 g/mol. The molecule has 0 saturated heterocycles. The quantitative estimate of drug-likeness (QED) is 0.684. The maximum Gasteiger partial charge on any atom is 0.250 e. The number of carbonyl (C=O) groups is 1. The zero-order chi connectivity index (χ0) is 13.9. The van der Waals surface area contributed by atoms with Gasteiger partial charge in [-0.1, -0.05) is 6.07 Å². The molecule has 0 bridgehead atoms. The summed E-state index contributed by atoms with van der Waals surface area (Å²) in [6.45, 7) is 4.95. The molecule has 0 heterocycles. The summed E-state index contributed by atoms with van der Waals surface area (Å²) < 4.78 is 0. The maximum atomic E-state index is 11.2. The van der Waals surface area contributed by atoms with Crippen LogP contribution in [0.1, 0.15) is 24.2 Å². The molecule has 0 spiro atoms. The van der Waals surface area contributed by atoms with Gasteiger partial charge in [0.05, 0.1) is 16.9 Å². The highest BCUT2D eigenvalue weighted by molar-refractivity contribution is 6.00. The van der Waals surface area contributed by atoms with Gasteiger partial charge in [-0.25, -0.2) is 0 Å². The molecule has 1 aromatic rings. The molecule has 0 fully saturated rings. The number of primary amides is 1. The number of hydrogen-bond acceptors (Lipinski definition) is 4. The fourth-order valence-electron chi connectivity index (χ4n) is 1.40. The van der Waals surface area contributed by atoms with Crippen molar-refractivity contribution >= 4 is 17.3 Å². The molecule has 0 aliphatic rings. The predicted octanol–water partition coefficient (Wildman–Crippen LogP) is 1.12. The van der Waals surface area contributed by atoms with E-state index in [4.69, 9.17) is 11.5 Å². The summed E-state index contributed by atoms with van der Waals surface area (Å²) in [5.74, 6) is -0.511. The largest absolute Gasteiger partial charge is 0.396 e. The Morgan fingerprint density at radius 2 is 2.00 bits per heavy atom. The lowest BCUT2D eigenvalue weighted by Gasteiger charge is -2.33. The number of hydrogen-bond donors (Lipinski definition) is 3. The van der Waals surface area contributed by atoms with Crippen molar-refractivity contribution in [1.29, 1.82) is 0 Å². The summed E-state index contributed by atoms with van der Waals surface area (Å²) in [6.07, 6.45) is 0. The average Bonchev–Trinajstić information content (AvgIpc) is 2.27. The van der Waals surface area contributed by atoms with Crippen LogP contribution in [-0.2, 0) is 0 Å².